The van der Waals surface area contributed by atoms with Gasteiger partial charge in [0.15, 0.2) is 9.84 Å². The molecule has 0 unspecified atom stereocenters. The van der Waals surface area contributed by atoms with Gasteiger partial charge in [-0.05, 0) is 24.6 Å². The van der Waals surface area contributed by atoms with Gasteiger partial charge in [-0.3, -0.25) is 0 Å². The van der Waals surface area contributed by atoms with E-state index in [0.29, 0.717) is 10.2 Å². The number of halogens is 1. The molecule has 0 bridgehead atoms. The zero-order chi connectivity index (χ0) is 15.7. The maximum atomic E-state index is 12.3. The Morgan fingerprint density at radius 3 is 2.68 bits per heavy atom. The molecule has 0 fully saturated rings. The van der Waals surface area contributed by atoms with E-state index in [-0.39, 0.29) is 15.9 Å². The zero-order valence-electron chi connectivity index (χ0n) is 11.5. The van der Waals surface area contributed by atoms with Crippen molar-refractivity contribution in [3.8, 4) is 11.4 Å². The average molecular weight is 355 g/mol. The van der Waals surface area contributed by atoms with Crippen molar-refractivity contribution in [1.82, 2.24) is 10.1 Å². The van der Waals surface area contributed by atoms with Gasteiger partial charge in [0.25, 0.3) is 0 Å². The van der Waals surface area contributed by atoms with Crippen LogP contribution in [0.2, 0.25) is 4.34 Å². The molecule has 3 aromatic rings. The van der Waals surface area contributed by atoms with E-state index in [1.165, 1.54) is 6.07 Å². The first kappa shape index (κ1) is 15.2. The van der Waals surface area contributed by atoms with E-state index in [1.54, 1.807) is 6.07 Å². The Morgan fingerprint density at radius 2 is 2.00 bits per heavy atom. The summed E-state index contributed by atoms with van der Waals surface area (Å²) in [7, 11) is -3.53. The molecular weight excluding hydrogens is 344 g/mol. The highest BCUT2D eigenvalue weighted by Gasteiger charge is 2.22. The smallest absolute Gasteiger partial charge is 0.242 e. The van der Waals surface area contributed by atoms with Crippen LogP contribution in [0.1, 0.15) is 11.5 Å². The number of hydrogen-bond donors (Lipinski definition) is 0. The van der Waals surface area contributed by atoms with Crippen LogP contribution in [-0.4, -0.2) is 18.6 Å². The summed E-state index contributed by atoms with van der Waals surface area (Å²) in [6.45, 7) is 1.93. The quantitative estimate of drug-likeness (QED) is 0.713. The summed E-state index contributed by atoms with van der Waals surface area (Å²) >= 11 is 6.78. The Labute approximate surface area is 136 Å². The van der Waals surface area contributed by atoms with E-state index in [2.05, 4.69) is 10.1 Å². The summed E-state index contributed by atoms with van der Waals surface area (Å²) < 4.78 is 30.2. The van der Waals surface area contributed by atoms with Crippen LogP contribution in [0.4, 0.5) is 0 Å². The van der Waals surface area contributed by atoms with Gasteiger partial charge >= 0.3 is 0 Å². The lowest BCUT2D eigenvalue weighted by molar-refractivity contribution is 0.389. The summed E-state index contributed by atoms with van der Waals surface area (Å²) in [5, 5.41) is 3.86. The first-order valence-corrected chi connectivity index (χ1v) is 9.17. The number of sulfone groups is 1. The third-order valence-corrected chi connectivity index (χ3v) is 6.44. The topological polar surface area (TPSA) is 73.1 Å². The molecule has 0 atom stereocenters. The second-order valence-electron chi connectivity index (χ2n) is 4.64. The fourth-order valence-electron chi connectivity index (χ4n) is 1.95. The number of rotatable bonds is 4. The highest BCUT2D eigenvalue weighted by atomic mass is 35.5. The molecule has 0 aliphatic carbocycles. The van der Waals surface area contributed by atoms with Gasteiger partial charge in [0.2, 0.25) is 11.7 Å². The fraction of sp³-hybridized carbons (Fsp3) is 0.143. The maximum absolute atomic E-state index is 12.3. The number of hydrogen-bond acceptors (Lipinski definition) is 6. The van der Waals surface area contributed by atoms with Gasteiger partial charge in [-0.1, -0.05) is 41.0 Å². The third-order valence-electron chi connectivity index (χ3n) is 3.02. The molecule has 2 aromatic heterocycles. The third kappa shape index (κ3) is 3.06. The molecular formula is C14H11ClN2O3S2. The molecule has 0 N–H and O–H groups in total. The summed E-state index contributed by atoms with van der Waals surface area (Å²) in [5.74, 6) is 0.0956. The van der Waals surface area contributed by atoms with E-state index in [9.17, 15) is 8.42 Å². The number of aryl methyl sites for hydroxylation is 1. The van der Waals surface area contributed by atoms with Crippen LogP contribution in [0.25, 0.3) is 11.4 Å². The molecule has 22 heavy (non-hydrogen) atoms. The van der Waals surface area contributed by atoms with Crippen molar-refractivity contribution in [1.29, 1.82) is 0 Å². The van der Waals surface area contributed by atoms with Crippen LogP contribution in [-0.2, 0) is 15.6 Å². The molecule has 3 rings (SSSR count). The Bertz CT molecular complexity index is 916. The minimum atomic E-state index is -3.53. The molecule has 0 radical (unpaired) electrons. The van der Waals surface area contributed by atoms with Crippen LogP contribution in [0.15, 0.2) is 45.1 Å². The Morgan fingerprint density at radius 1 is 1.23 bits per heavy atom. The van der Waals surface area contributed by atoms with Crippen LogP contribution in [0.3, 0.4) is 0 Å². The predicted molar refractivity (Wildman–Crippen MR) is 84.7 cm³/mol. The fourth-order valence-corrected chi connectivity index (χ4v) is 4.67. The first-order valence-electron chi connectivity index (χ1n) is 6.32. The Kier molecular flexibility index (Phi) is 4.03. The predicted octanol–water partition coefficient (Wildman–Crippen LogP) is 3.73. The number of nitrogens with zero attached hydrogens (tertiary/aromatic N) is 2. The molecule has 114 valence electrons. The molecule has 0 aliphatic rings. The number of aromatic nitrogens is 2. The largest absolute Gasteiger partial charge is 0.338 e. The molecule has 0 saturated heterocycles. The number of thiophene rings is 1. The first-order chi connectivity index (χ1) is 10.5. The maximum Gasteiger partial charge on any atom is 0.242 e. The molecule has 2 heterocycles. The van der Waals surface area contributed by atoms with Crippen LogP contribution in [0, 0.1) is 6.92 Å². The zero-order valence-corrected chi connectivity index (χ0v) is 13.9. The van der Waals surface area contributed by atoms with E-state index < -0.39 is 9.84 Å². The van der Waals surface area contributed by atoms with Crippen molar-refractivity contribution < 1.29 is 12.9 Å². The van der Waals surface area contributed by atoms with Crippen LogP contribution < -0.4 is 0 Å². The SMILES string of the molecule is Cc1ccccc1-c1noc(CS(=O)(=O)c2ccc(Cl)s2)n1. The molecule has 0 amide bonds. The van der Waals surface area contributed by atoms with Crippen molar-refractivity contribution in [2.24, 2.45) is 0 Å². The van der Waals surface area contributed by atoms with E-state index in [1.807, 2.05) is 31.2 Å². The van der Waals surface area contributed by atoms with E-state index in [0.717, 1.165) is 22.5 Å². The molecule has 0 saturated carbocycles. The summed E-state index contributed by atoms with van der Waals surface area (Å²) in [5.41, 5.74) is 1.80. The molecule has 5 nitrogen and oxygen atoms in total. The van der Waals surface area contributed by atoms with Crippen LogP contribution >= 0.6 is 22.9 Å². The van der Waals surface area contributed by atoms with Crippen molar-refractivity contribution in [2.45, 2.75) is 16.9 Å². The highest BCUT2D eigenvalue weighted by molar-refractivity contribution is 7.92. The molecule has 0 spiro atoms. The normalized spacial score (nSPS) is 11.7. The van der Waals surface area contributed by atoms with Gasteiger partial charge in [0.05, 0.1) is 4.34 Å². The lowest BCUT2D eigenvalue weighted by Crippen LogP contribution is -2.03. The van der Waals surface area contributed by atoms with Gasteiger partial charge in [-0.15, -0.1) is 11.3 Å². The molecule has 0 aliphatic heterocycles. The summed E-state index contributed by atoms with van der Waals surface area (Å²) in [4.78, 5) is 4.17. The van der Waals surface area contributed by atoms with Crippen molar-refractivity contribution in [3.63, 3.8) is 0 Å². The Balaban J connectivity index is 1.88. The lowest BCUT2D eigenvalue weighted by Gasteiger charge is -1.98. The minimum Gasteiger partial charge on any atom is -0.338 e. The van der Waals surface area contributed by atoms with Crippen molar-refractivity contribution in [2.75, 3.05) is 0 Å². The molecule has 8 heteroatoms. The summed E-state index contributed by atoms with van der Waals surface area (Å²) in [6, 6.07) is 10.6. The monoisotopic (exact) mass is 354 g/mol. The second kappa shape index (κ2) is 5.83. The standard InChI is InChI=1S/C14H11ClN2O3S2/c1-9-4-2-3-5-10(9)14-16-12(20-17-14)8-22(18,19)13-7-6-11(15)21-13/h2-7H,8H2,1H3. The van der Waals surface area contributed by atoms with E-state index in [4.69, 9.17) is 16.1 Å². The summed E-state index contributed by atoms with van der Waals surface area (Å²) in [6.07, 6.45) is 0. The van der Waals surface area contributed by atoms with Gasteiger partial charge in [-0.25, -0.2) is 8.42 Å². The second-order valence-corrected chi connectivity index (χ2v) is 8.58. The van der Waals surface area contributed by atoms with Crippen molar-refractivity contribution >= 4 is 32.8 Å². The van der Waals surface area contributed by atoms with Gasteiger partial charge in [0.1, 0.15) is 9.96 Å². The Hall–Kier alpha value is -1.70. The van der Waals surface area contributed by atoms with Gasteiger partial charge in [-0.2, -0.15) is 4.98 Å². The van der Waals surface area contributed by atoms with E-state index >= 15 is 0 Å². The minimum absolute atomic E-state index is 0.0581. The number of benzene rings is 1. The van der Waals surface area contributed by atoms with Crippen molar-refractivity contribution in [3.05, 3.63) is 52.2 Å². The lowest BCUT2D eigenvalue weighted by atomic mass is 10.1. The van der Waals surface area contributed by atoms with Crippen LogP contribution in [0.5, 0.6) is 0 Å². The average Bonchev–Trinajstić information content (AvgIpc) is 3.08. The van der Waals surface area contributed by atoms with Gasteiger partial charge in [0, 0.05) is 5.56 Å². The van der Waals surface area contributed by atoms with Gasteiger partial charge < -0.3 is 4.52 Å². The highest BCUT2D eigenvalue weighted by Crippen LogP contribution is 2.28. The molecule has 1 aromatic carbocycles.